The molecule has 12 heteroatoms. The summed E-state index contributed by atoms with van der Waals surface area (Å²) in [5.41, 5.74) is 1.73. The van der Waals surface area contributed by atoms with Crippen LogP contribution in [-0.2, 0) is 0 Å². The van der Waals surface area contributed by atoms with Gasteiger partial charge < -0.3 is 32.3 Å². The van der Waals surface area contributed by atoms with Crippen molar-refractivity contribution in [2.75, 3.05) is 61.4 Å². The third kappa shape index (κ3) is 9.33. The van der Waals surface area contributed by atoms with Gasteiger partial charge in [-0.15, -0.1) is 6.42 Å². The Morgan fingerprint density at radius 2 is 1.71 bits per heavy atom. The van der Waals surface area contributed by atoms with Crippen molar-refractivity contribution in [2.24, 2.45) is 0 Å². The van der Waals surface area contributed by atoms with Crippen LogP contribution in [0.15, 0.2) is 91.2 Å². The van der Waals surface area contributed by atoms with Crippen LogP contribution in [0.4, 0.5) is 34.8 Å². The Labute approximate surface area is 325 Å². The number of piperazine rings is 2. The largest absolute Gasteiger partial charge is 1.00 e. The number of benzene rings is 1. The van der Waals surface area contributed by atoms with Crippen LogP contribution < -0.4 is 71.8 Å². The molecule has 2 aromatic rings. The monoisotopic (exact) mass is 691 g/mol. The van der Waals surface area contributed by atoms with Crippen molar-refractivity contribution in [3.63, 3.8) is 0 Å². The number of hydrogen-bond acceptors (Lipinski definition) is 7. The molecule has 254 valence electrons. The number of rotatable bonds is 11. The molecule has 7 nitrogen and oxygen atoms in total. The second-order valence-corrected chi connectivity index (χ2v) is 12.0. The summed E-state index contributed by atoms with van der Waals surface area (Å²) in [5.74, 6) is 0.326. The molecule has 0 radical (unpaired) electrons. The molecule has 0 spiro atoms. The van der Waals surface area contributed by atoms with Crippen LogP contribution >= 0.6 is 0 Å². The molecule has 2 aliphatic rings. The summed E-state index contributed by atoms with van der Waals surface area (Å²) < 4.78 is 58.2. The maximum atomic E-state index is 16.0. The fourth-order valence-electron chi connectivity index (χ4n) is 6.06. The normalized spacial score (nSPS) is 19.5. The summed E-state index contributed by atoms with van der Waals surface area (Å²) in [6.07, 6.45) is 1.14. The number of hydrogen-bond donors (Lipinski definition) is 2. The van der Waals surface area contributed by atoms with Crippen molar-refractivity contribution >= 4 is 17.2 Å². The first kappa shape index (κ1) is 39.8. The van der Waals surface area contributed by atoms with E-state index in [1.807, 2.05) is 19.2 Å². The van der Waals surface area contributed by atoms with Crippen LogP contribution in [0.5, 0.6) is 0 Å². The van der Waals surface area contributed by atoms with Crippen LogP contribution in [0.1, 0.15) is 27.2 Å². The zero-order valence-electron chi connectivity index (χ0n) is 28.8. The number of aromatic nitrogens is 1. The quantitative estimate of drug-likeness (QED) is 0.158. The van der Waals surface area contributed by atoms with E-state index < -0.39 is 17.6 Å². The molecule has 0 aliphatic carbocycles. The molecule has 1 aromatic carbocycles. The van der Waals surface area contributed by atoms with Gasteiger partial charge in [-0.2, -0.15) is 13.2 Å². The Hall–Kier alpha value is -2.61. The first-order valence-electron chi connectivity index (χ1n) is 15.8. The molecular weight excluding hydrogens is 646 g/mol. The molecule has 1 aromatic heterocycles. The SMILES string of the molecule is C=CN/C=C(C(=C)Nc1cc(-c2ccc(N3CCN(C(=C)C[CH2-])CC3)nc2)c(F)cc1N1CC(C)N(C)C(C)C1)\C(=C/C)C(F)(F)F.[K+]. The molecule has 2 fully saturated rings. The van der Waals surface area contributed by atoms with Gasteiger partial charge >= 0.3 is 57.6 Å². The topological polar surface area (TPSA) is 49.9 Å². The number of anilines is 3. The van der Waals surface area contributed by atoms with Gasteiger partial charge in [-0.3, -0.25) is 4.90 Å². The summed E-state index contributed by atoms with van der Waals surface area (Å²) in [4.78, 5) is 13.4. The predicted octanol–water partition coefficient (Wildman–Crippen LogP) is 4.33. The van der Waals surface area contributed by atoms with Crippen molar-refractivity contribution in [2.45, 2.75) is 45.5 Å². The standard InChI is InChI=1S/C36H46F4N7.K/c1-9-24(4)45-14-16-46(17-15-45)35-13-12-28(20-42-35)29-18-33(34(19-32(29)37)47-22-25(5)44(8)26(6)23-47)43-27(7)30(21-41-11-3)31(10-2)36(38,39)40;/h10-13,18-21,25-26,41,43H,1,3-4,7,9,14-17,22-23H2,2,5-6,8H3;/q-1;+1/b30-21-,31-10+;. The second kappa shape index (κ2) is 17.4. The Morgan fingerprint density at radius 1 is 1.06 bits per heavy atom. The van der Waals surface area contributed by atoms with Gasteiger partial charge in [0.25, 0.3) is 0 Å². The molecule has 0 bridgehead atoms. The molecule has 3 heterocycles. The van der Waals surface area contributed by atoms with Crippen LogP contribution in [0.3, 0.4) is 0 Å². The molecule has 2 aliphatic heterocycles. The summed E-state index contributed by atoms with van der Waals surface area (Å²) in [6.45, 7) is 25.4. The summed E-state index contributed by atoms with van der Waals surface area (Å²) >= 11 is 0. The van der Waals surface area contributed by atoms with Gasteiger partial charge in [0.1, 0.15) is 11.6 Å². The molecule has 2 N–H and O–H groups in total. The fourth-order valence-corrected chi connectivity index (χ4v) is 6.06. The number of allylic oxidation sites excluding steroid dienone is 3. The van der Waals surface area contributed by atoms with Crippen molar-refractivity contribution in [1.82, 2.24) is 20.1 Å². The van der Waals surface area contributed by atoms with Gasteiger partial charge in [-0.05, 0) is 64.0 Å². The number of nitrogens with one attached hydrogen (secondary N) is 2. The molecule has 0 amide bonds. The van der Waals surface area contributed by atoms with Gasteiger partial charge in [0.2, 0.25) is 0 Å². The fraction of sp³-hybridized carbons (Fsp3) is 0.389. The van der Waals surface area contributed by atoms with E-state index in [1.165, 1.54) is 25.4 Å². The van der Waals surface area contributed by atoms with Gasteiger partial charge in [-0.25, -0.2) is 9.37 Å². The average Bonchev–Trinajstić information content (AvgIpc) is 3.05. The number of pyridine rings is 1. The van der Waals surface area contributed by atoms with Crippen LogP contribution in [0.2, 0.25) is 0 Å². The third-order valence-corrected chi connectivity index (χ3v) is 9.02. The van der Waals surface area contributed by atoms with Crippen molar-refractivity contribution in [1.29, 1.82) is 0 Å². The maximum Gasteiger partial charge on any atom is 1.00 e. The number of halogens is 4. The van der Waals surface area contributed by atoms with Crippen molar-refractivity contribution in [3.8, 4) is 11.1 Å². The maximum absolute atomic E-state index is 16.0. The first-order chi connectivity index (χ1) is 22.3. The Bertz CT molecular complexity index is 1500. The molecule has 2 saturated heterocycles. The molecule has 48 heavy (non-hydrogen) atoms. The van der Waals surface area contributed by atoms with Crippen LogP contribution in [0, 0.1) is 12.7 Å². The zero-order valence-corrected chi connectivity index (χ0v) is 31.9. The predicted molar refractivity (Wildman–Crippen MR) is 185 cm³/mol. The van der Waals surface area contributed by atoms with Gasteiger partial charge in [0, 0.05) is 86.1 Å². The van der Waals surface area contributed by atoms with E-state index in [9.17, 15) is 13.2 Å². The van der Waals surface area contributed by atoms with E-state index in [2.05, 4.69) is 75.7 Å². The van der Waals surface area contributed by atoms with E-state index >= 15 is 4.39 Å². The average molecular weight is 692 g/mol. The summed E-state index contributed by atoms with van der Waals surface area (Å²) in [6, 6.07) is 7.10. The molecule has 0 saturated carbocycles. The number of alkyl halides is 3. The van der Waals surface area contributed by atoms with E-state index in [0.717, 1.165) is 43.8 Å². The van der Waals surface area contributed by atoms with E-state index in [-0.39, 0.29) is 80.3 Å². The Balaban J connectivity index is 0.00000625. The van der Waals surface area contributed by atoms with Crippen LogP contribution in [0.25, 0.3) is 11.1 Å². The number of nitrogens with zero attached hydrogens (tertiary/aromatic N) is 5. The first-order valence-corrected chi connectivity index (χ1v) is 15.8. The Morgan fingerprint density at radius 3 is 2.23 bits per heavy atom. The smallest absolute Gasteiger partial charge is 0.374 e. The third-order valence-electron chi connectivity index (χ3n) is 9.02. The van der Waals surface area contributed by atoms with E-state index in [0.29, 0.717) is 36.4 Å². The second-order valence-electron chi connectivity index (χ2n) is 12.0. The molecule has 2 unspecified atom stereocenters. The van der Waals surface area contributed by atoms with E-state index in [4.69, 9.17) is 0 Å². The van der Waals surface area contributed by atoms with Crippen molar-refractivity contribution in [3.05, 3.63) is 104 Å². The van der Waals surface area contributed by atoms with Crippen molar-refractivity contribution < 1.29 is 68.9 Å². The van der Waals surface area contributed by atoms with Gasteiger partial charge in [-0.1, -0.05) is 25.8 Å². The number of likely N-dealkylation sites (N-methyl/N-ethyl adjacent to an activating group) is 1. The summed E-state index contributed by atoms with van der Waals surface area (Å²) in [5, 5.41) is 5.77. The summed E-state index contributed by atoms with van der Waals surface area (Å²) in [7, 11) is 2.05. The minimum Gasteiger partial charge on any atom is -0.374 e. The molecule has 4 rings (SSSR count). The minimum atomic E-state index is -4.63. The van der Waals surface area contributed by atoms with Gasteiger partial charge in [0.05, 0.1) is 16.9 Å². The minimum absolute atomic E-state index is 0. The van der Waals surface area contributed by atoms with Crippen LogP contribution in [-0.4, -0.2) is 79.4 Å². The molecular formula is C36H46F4KN7. The van der Waals surface area contributed by atoms with Gasteiger partial charge in [0.15, 0.2) is 0 Å². The van der Waals surface area contributed by atoms with E-state index in [1.54, 1.807) is 12.3 Å². The Kier molecular flexibility index (Phi) is 14.4. The zero-order chi connectivity index (χ0) is 34.5. The molecule has 2 atom stereocenters.